The van der Waals surface area contributed by atoms with Crippen molar-refractivity contribution in [2.45, 2.75) is 6.54 Å². The molecule has 0 fully saturated rings. The van der Waals surface area contributed by atoms with Crippen molar-refractivity contribution in [1.29, 1.82) is 0 Å². The van der Waals surface area contributed by atoms with Crippen molar-refractivity contribution in [1.82, 2.24) is 4.90 Å². The Bertz CT molecular complexity index is 722. The molecule has 0 saturated carbocycles. The van der Waals surface area contributed by atoms with Crippen LogP contribution in [0.3, 0.4) is 0 Å². The first-order valence-electron chi connectivity index (χ1n) is 7.73. The Labute approximate surface area is 147 Å². The molecule has 6 nitrogen and oxygen atoms in total. The summed E-state index contributed by atoms with van der Waals surface area (Å²) in [6.45, 7) is 0.403. The van der Waals surface area contributed by atoms with Crippen molar-refractivity contribution in [2.24, 2.45) is 0 Å². The molecule has 0 saturated heterocycles. The Balaban J connectivity index is 2.27. The first-order chi connectivity index (χ1) is 12.0. The fourth-order valence-corrected chi connectivity index (χ4v) is 2.58. The molecule has 25 heavy (non-hydrogen) atoms. The molecular weight excluding hydrogens is 322 g/mol. The van der Waals surface area contributed by atoms with Gasteiger partial charge in [-0.1, -0.05) is 12.1 Å². The van der Waals surface area contributed by atoms with Crippen LogP contribution in [0.4, 0.5) is 0 Å². The van der Waals surface area contributed by atoms with Crippen LogP contribution < -0.4 is 18.9 Å². The molecule has 0 N–H and O–H groups in total. The minimum atomic E-state index is -0.191. The summed E-state index contributed by atoms with van der Waals surface area (Å²) >= 11 is 0. The molecule has 134 valence electrons. The summed E-state index contributed by atoms with van der Waals surface area (Å²) in [6.07, 6.45) is 0. The topological polar surface area (TPSA) is 57.2 Å². The fraction of sp³-hybridized carbons (Fsp3) is 0.316. The van der Waals surface area contributed by atoms with Gasteiger partial charge in [0.15, 0.2) is 11.5 Å². The van der Waals surface area contributed by atoms with Crippen LogP contribution in [0.15, 0.2) is 36.4 Å². The van der Waals surface area contributed by atoms with Crippen LogP contribution in [0, 0.1) is 0 Å². The summed E-state index contributed by atoms with van der Waals surface area (Å²) in [5, 5.41) is 0. The van der Waals surface area contributed by atoms with Crippen molar-refractivity contribution in [2.75, 3.05) is 35.5 Å². The van der Waals surface area contributed by atoms with Crippen LogP contribution in [0.2, 0.25) is 0 Å². The zero-order chi connectivity index (χ0) is 18.4. The van der Waals surface area contributed by atoms with Gasteiger partial charge in [-0.2, -0.15) is 0 Å². The molecular formula is C19H23NO5. The molecule has 2 rings (SSSR count). The second-order valence-electron chi connectivity index (χ2n) is 5.39. The maximum absolute atomic E-state index is 12.9. The zero-order valence-corrected chi connectivity index (χ0v) is 15.2. The average molecular weight is 345 g/mol. The number of ether oxygens (including phenoxy) is 4. The van der Waals surface area contributed by atoms with Gasteiger partial charge in [-0.25, -0.2) is 0 Å². The van der Waals surface area contributed by atoms with E-state index in [9.17, 15) is 4.79 Å². The van der Waals surface area contributed by atoms with Crippen LogP contribution in [0.5, 0.6) is 23.0 Å². The zero-order valence-electron chi connectivity index (χ0n) is 15.2. The molecule has 0 radical (unpaired) electrons. The second-order valence-corrected chi connectivity index (χ2v) is 5.39. The van der Waals surface area contributed by atoms with E-state index in [4.69, 9.17) is 18.9 Å². The predicted molar refractivity (Wildman–Crippen MR) is 94.9 cm³/mol. The summed E-state index contributed by atoms with van der Waals surface area (Å²) in [6, 6.07) is 10.8. The Morgan fingerprint density at radius 3 is 1.92 bits per heavy atom. The third kappa shape index (κ3) is 3.96. The van der Waals surface area contributed by atoms with Crippen LogP contribution in [0.25, 0.3) is 0 Å². The summed E-state index contributed by atoms with van der Waals surface area (Å²) in [5.41, 5.74) is 1.32. The molecule has 0 bridgehead atoms. The Kier molecular flexibility index (Phi) is 6.11. The Morgan fingerprint density at radius 1 is 0.840 bits per heavy atom. The van der Waals surface area contributed by atoms with E-state index >= 15 is 0 Å². The van der Waals surface area contributed by atoms with E-state index in [2.05, 4.69) is 0 Å². The molecule has 2 aromatic carbocycles. The van der Waals surface area contributed by atoms with Crippen molar-refractivity contribution >= 4 is 5.91 Å². The highest BCUT2D eigenvalue weighted by atomic mass is 16.5. The number of hydrogen-bond donors (Lipinski definition) is 0. The van der Waals surface area contributed by atoms with Crippen LogP contribution in [-0.2, 0) is 6.54 Å². The molecule has 6 heteroatoms. The van der Waals surface area contributed by atoms with E-state index in [1.807, 2.05) is 18.2 Å². The summed E-state index contributed by atoms with van der Waals surface area (Å²) in [7, 11) is 7.95. The Morgan fingerprint density at radius 2 is 1.40 bits per heavy atom. The van der Waals surface area contributed by atoms with Gasteiger partial charge in [-0.15, -0.1) is 0 Å². The van der Waals surface area contributed by atoms with E-state index in [1.165, 1.54) is 14.2 Å². The maximum atomic E-state index is 12.9. The molecule has 0 heterocycles. The summed E-state index contributed by atoms with van der Waals surface area (Å²) in [5.74, 6) is 2.03. The second kappa shape index (κ2) is 8.28. The Hall–Kier alpha value is -2.89. The van der Waals surface area contributed by atoms with Crippen molar-refractivity contribution in [3.8, 4) is 23.0 Å². The van der Waals surface area contributed by atoms with Gasteiger partial charge in [0.05, 0.1) is 28.4 Å². The molecule has 0 atom stereocenters. The molecule has 0 aliphatic rings. The van der Waals surface area contributed by atoms with E-state index in [0.717, 1.165) is 5.56 Å². The van der Waals surface area contributed by atoms with Crippen LogP contribution in [0.1, 0.15) is 15.9 Å². The number of carbonyl (C=O) groups is 1. The van der Waals surface area contributed by atoms with E-state index in [-0.39, 0.29) is 5.91 Å². The number of rotatable bonds is 7. The number of benzene rings is 2. The SMILES string of the molecule is COc1ccc(CN(C)C(=O)c2c(OC)cccc2OC)cc1OC. The maximum Gasteiger partial charge on any atom is 0.261 e. The molecule has 0 aromatic heterocycles. The van der Waals surface area contributed by atoms with Crippen LogP contribution >= 0.6 is 0 Å². The first-order valence-corrected chi connectivity index (χ1v) is 7.73. The lowest BCUT2D eigenvalue weighted by molar-refractivity contribution is 0.0778. The normalized spacial score (nSPS) is 10.1. The van der Waals surface area contributed by atoms with Gasteiger partial charge in [0.25, 0.3) is 5.91 Å². The quantitative estimate of drug-likeness (QED) is 0.772. The minimum Gasteiger partial charge on any atom is -0.496 e. The number of methoxy groups -OCH3 is 4. The van der Waals surface area contributed by atoms with Crippen molar-refractivity contribution < 1.29 is 23.7 Å². The van der Waals surface area contributed by atoms with Crippen LogP contribution in [-0.4, -0.2) is 46.3 Å². The molecule has 0 aliphatic carbocycles. The summed E-state index contributed by atoms with van der Waals surface area (Å²) in [4.78, 5) is 14.5. The third-order valence-corrected chi connectivity index (χ3v) is 3.86. The van der Waals surface area contributed by atoms with Gasteiger partial charge < -0.3 is 23.8 Å². The average Bonchev–Trinajstić information content (AvgIpc) is 2.66. The molecule has 0 spiro atoms. The van der Waals surface area contributed by atoms with Gasteiger partial charge in [-0.05, 0) is 29.8 Å². The predicted octanol–water partition coefficient (Wildman–Crippen LogP) is 2.99. The molecule has 1 amide bonds. The smallest absolute Gasteiger partial charge is 0.261 e. The number of hydrogen-bond acceptors (Lipinski definition) is 5. The standard InChI is InChI=1S/C19H23NO5/c1-20(12-13-9-10-14(22-2)17(11-13)25-5)19(21)18-15(23-3)7-6-8-16(18)24-4/h6-11H,12H2,1-5H3. The van der Waals surface area contributed by atoms with Gasteiger partial charge >= 0.3 is 0 Å². The largest absolute Gasteiger partial charge is 0.496 e. The van der Waals surface area contributed by atoms with E-state index < -0.39 is 0 Å². The first kappa shape index (κ1) is 18.4. The lowest BCUT2D eigenvalue weighted by Gasteiger charge is -2.21. The van der Waals surface area contributed by atoms with Gasteiger partial charge in [0.1, 0.15) is 17.1 Å². The van der Waals surface area contributed by atoms with Crippen molar-refractivity contribution in [3.63, 3.8) is 0 Å². The number of amides is 1. The van der Waals surface area contributed by atoms with Gasteiger partial charge in [0.2, 0.25) is 0 Å². The third-order valence-electron chi connectivity index (χ3n) is 3.86. The lowest BCUT2D eigenvalue weighted by atomic mass is 10.1. The van der Waals surface area contributed by atoms with E-state index in [0.29, 0.717) is 35.1 Å². The van der Waals surface area contributed by atoms with Gasteiger partial charge in [-0.3, -0.25) is 4.79 Å². The highest BCUT2D eigenvalue weighted by Gasteiger charge is 2.22. The highest BCUT2D eigenvalue weighted by molar-refractivity contribution is 5.99. The van der Waals surface area contributed by atoms with E-state index in [1.54, 1.807) is 44.4 Å². The number of carbonyl (C=O) groups excluding carboxylic acids is 1. The lowest BCUT2D eigenvalue weighted by Crippen LogP contribution is -2.27. The number of nitrogens with zero attached hydrogens (tertiary/aromatic N) is 1. The van der Waals surface area contributed by atoms with Gasteiger partial charge in [0, 0.05) is 13.6 Å². The van der Waals surface area contributed by atoms with Crippen molar-refractivity contribution in [3.05, 3.63) is 47.5 Å². The molecule has 0 aliphatic heterocycles. The summed E-state index contributed by atoms with van der Waals surface area (Å²) < 4.78 is 21.2. The highest BCUT2D eigenvalue weighted by Crippen LogP contribution is 2.31. The fourth-order valence-electron chi connectivity index (χ4n) is 2.58. The molecule has 2 aromatic rings. The molecule has 0 unspecified atom stereocenters. The minimum absolute atomic E-state index is 0.191. The monoisotopic (exact) mass is 345 g/mol.